The van der Waals surface area contributed by atoms with E-state index in [0.717, 1.165) is 5.56 Å². The largest absolute Gasteiger partial charge is 0.412 e. The third kappa shape index (κ3) is 15.3. The van der Waals surface area contributed by atoms with Crippen molar-refractivity contribution in [2.45, 2.75) is 117 Å². The molecule has 0 aliphatic carbocycles. The van der Waals surface area contributed by atoms with Crippen LogP contribution in [-0.4, -0.2) is 63.9 Å². The molecule has 0 radical (unpaired) electrons. The molecule has 0 aliphatic rings. The van der Waals surface area contributed by atoms with E-state index in [1.807, 2.05) is 30.3 Å². The first-order chi connectivity index (χ1) is 15.8. The molecule has 1 aromatic rings. The lowest BCUT2D eigenvalue weighted by Gasteiger charge is -2.43. The van der Waals surface area contributed by atoms with Crippen molar-refractivity contribution in [1.82, 2.24) is 0 Å². The molecule has 10 heteroatoms. The highest BCUT2D eigenvalue weighted by molar-refractivity contribution is 6.71. The summed E-state index contributed by atoms with van der Waals surface area (Å²) in [5.41, 5.74) is 1.07. The molecular weight excluding hydrogens is 507 g/mol. The van der Waals surface area contributed by atoms with Gasteiger partial charge in [0.05, 0.1) is 18.4 Å². The molecule has 0 amide bonds. The van der Waals surface area contributed by atoms with Gasteiger partial charge in [-0.15, -0.1) is 0 Å². The molecule has 0 heterocycles. The minimum atomic E-state index is -1.98. The number of hydrogen-bond acceptors (Lipinski definition) is 6. The molecule has 202 valence electrons. The van der Waals surface area contributed by atoms with Crippen LogP contribution in [0.25, 0.3) is 0 Å². The maximum Gasteiger partial charge on any atom is 0.184 e. The van der Waals surface area contributed by atoms with Crippen molar-refractivity contribution < 1.29 is 22.5 Å². The normalized spacial score (nSPS) is 17.3. The van der Waals surface area contributed by atoms with Gasteiger partial charge in [0.1, 0.15) is 18.8 Å². The van der Waals surface area contributed by atoms with Crippen LogP contribution in [0, 0.1) is 0 Å². The van der Waals surface area contributed by atoms with Crippen molar-refractivity contribution in [2.24, 2.45) is 5.16 Å². The van der Waals surface area contributed by atoms with Crippen molar-refractivity contribution in [3.05, 3.63) is 35.9 Å². The van der Waals surface area contributed by atoms with E-state index >= 15 is 0 Å². The second-order valence-electron chi connectivity index (χ2n) is 13.0. The van der Waals surface area contributed by atoms with Crippen LogP contribution in [0.4, 0.5) is 0 Å². The van der Waals surface area contributed by atoms with E-state index in [9.17, 15) is 0 Å². The first kappa shape index (κ1) is 32.4. The smallest absolute Gasteiger partial charge is 0.184 e. The summed E-state index contributed by atoms with van der Waals surface area (Å²) in [6.45, 7) is 28.9. The Balaban J connectivity index is 3.36. The Morgan fingerprint density at radius 1 is 0.657 bits per heavy atom. The summed E-state index contributed by atoms with van der Waals surface area (Å²) in [6.07, 6.45) is 0.602. The van der Waals surface area contributed by atoms with E-state index in [1.165, 1.54) is 0 Å². The maximum atomic E-state index is 6.83. The molecule has 1 rings (SSSR count). The zero-order valence-electron chi connectivity index (χ0n) is 24.5. The van der Waals surface area contributed by atoms with Gasteiger partial charge in [0.25, 0.3) is 0 Å². The van der Waals surface area contributed by atoms with Gasteiger partial charge in [0.2, 0.25) is 0 Å². The van der Waals surface area contributed by atoms with Gasteiger partial charge in [0.15, 0.2) is 33.3 Å². The Hall–Kier alpha value is -0.602. The van der Waals surface area contributed by atoms with Gasteiger partial charge >= 0.3 is 0 Å². The SMILES string of the molecule is CC(O[Si](C)(C)C)C(O[Si](C)(C)C)C(O[Si](C)(C)C)C(/C=N\OCc1ccccc1)O[Si](C)(C)C. The zero-order chi connectivity index (χ0) is 27.1. The highest BCUT2D eigenvalue weighted by Gasteiger charge is 2.42. The summed E-state index contributed by atoms with van der Waals surface area (Å²) < 4.78 is 26.8. The van der Waals surface area contributed by atoms with Crippen LogP contribution in [0.3, 0.4) is 0 Å². The van der Waals surface area contributed by atoms with E-state index in [-0.39, 0.29) is 18.3 Å². The molecule has 0 N–H and O–H groups in total. The molecule has 6 nitrogen and oxygen atoms in total. The van der Waals surface area contributed by atoms with Crippen LogP contribution in [-0.2, 0) is 29.1 Å². The van der Waals surface area contributed by atoms with Crippen molar-refractivity contribution in [1.29, 1.82) is 0 Å². The van der Waals surface area contributed by atoms with Crippen LogP contribution in [0.1, 0.15) is 12.5 Å². The van der Waals surface area contributed by atoms with Gasteiger partial charge in [-0.2, -0.15) is 0 Å². The minimum Gasteiger partial charge on any atom is -0.412 e. The average molecular weight is 558 g/mol. The summed E-state index contributed by atoms with van der Waals surface area (Å²) in [5, 5.41) is 4.35. The Bertz CT molecular complexity index is 767. The fourth-order valence-corrected chi connectivity index (χ4v) is 8.06. The summed E-state index contributed by atoms with van der Waals surface area (Å²) >= 11 is 0. The summed E-state index contributed by atoms with van der Waals surface area (Å²) in [5.74, 6) is 0. The number of oxime groups is 1. The van der Waals surface area contributed by atoms with Gasteiger partial charge in [-0.3, -0.25) is 0 Å². The molecule has 1 aromatic carbocycles. The first-order valence-electron chi connectivity index (χ1n) is 12.7. The predicted molar refractivity (Wildman–Crippen MR) is 158 cm³/mol. The third-order valence-corrected chi connectivity index (χ3v) is 8.49. The monoisotopic (exact) mass is 557 g/mol. The van der Waals surface area contributed by atoms with Crippen molar-refractivity contribution in [2.75, 3.05) is 0 Å². The molecule has 4 unspecified atom stereocenters. The molecule has 0 saturated carbocycles. The van der Waals surface area contributed by atoms with Gasteiger partial charge in [-0.1, -0.05) is 35.5 Å². The van der Waals surface area contributed by atoms with E-state index < -0.39 is 39.4 Å². The van der Waals surface area contributed by atoms with Gasteiger partial charge < -0.3 is 22.5 Å². The van der Waals surface area contributed by atoms with E-state index in [2.05, 4.69) is 90.6 Å². The highest BCUT2D eigenvalue weighted by Crippen LogP contribution is 2.27. The van der Waals surface area contributed by atoms with Gasteiger partial charge in [-0.25, -0.2) is 0 Å². The first-order valence-corrected chi connectivity index (χ1v) is 26.3. The van der Waals surface area contributed by atoms with Crippen molar-refractivity contribution in [3.8, 4) is 0 Å². The van der Waals surface area contributed by atoms with Gasteiger partial charge in [-0.05, 0) is 91.1 Å². The lowest BCUT2D eigenvalue weighted by molar-refractivity contribution is -0.0562. The molecule has 0 saturated heterocycles. The number of hydrogen-bond donors (Lipinski definition) is 0. The summed E-state index contributed by atoms with van der Waals surface area (Å²) in [7, 11) is -7.68. The zero-order valence-corrected chi connectivity index (χ0v) is 28.5. The van der Waals surface area contributed by atoms with Crippen LogP contribution in [0.5, 0.6) is 0 Å². The fourth-order valence-electron chi connectivity index (χ4n) is 3.57. The highest BCUT2D eigenvalue weighted by atomic mass is 28.4. The Kier molecular flexibility index (Phi) is 12.3. The second kappa shape index (κ2) is 13.3. The molecule has 4 atom stereocenters. The standard InChI is InChI=1S/C25H51NO5Si4/c1-21(28-32(2,3)4)24(30-34(8,9)10)25(31-35(11,12)13)23(29-33(5,6)7)19-26-27-20-22-17-15-14-16-18-22/h14-19,21,23-25H,20H2,1-13H3/b26-19-. The third-order valence-electron chi connectivity index (χ3n) is 4.47. The number of nitrogens with zero attached hydrogens (tertiary/aromatic N) is 1. The fraction of sp³-hybridized carbons (Fsp3) is 0.720. The summed E-state index contributed by atoms with van der Waals surface area (Å²) in [6, 6.07) is 10.0. The van der Waals surface area contributed by atoms with Crippen LogP contribution < -0.4 is 0 Å². The van der Waals surface area contributed by atoms with E-state index in [1.54, 1.807) is 6.21 Å². The van der Waals surface area contributed by atoms with Crippen LogP contribution in [0.2, 0.25) is 78.6 Å². The van der Waals surface area contributed by atoms with Crippen LogP contribution >= 0.6 is 0 Å². The molecular formula is C25H51NO5Si4. The molecule has 0 bridgehead atoms. The quantitative estimate of drug-likeness (QED) is 0.131. The Morgan fingerprint density at radius 2 is 1.11 bits per heavy atom. The Morgan fingerprint density at radius 3 is 1.57 bits per heavy atom. The van der Waals surface area contributed by atoms with E-state index in [4.69, 9.17) is 22.5 Å². The molecule has 0 aromatic heterocycles. The second-order valence-corrected chi connectivity index (χ2v) is 30.9. The van der Waals surface area contributed by atoms with Crippen LogP contribution in [0.15, 0.2) is 35.5 Å². The topological polar surface area (TPSA) is 58.5 Å². The lowest BCUT2D eigenvalue weighted by Crippen LogP contribution is -2.58. The predicted octanol–water partition coefficient (Wildman–Crippen LogP) is 7.09. The molecule has 0 fully saturated rings. The average Bonchev–Trinajstić information content (AvgIpc) is 2.64. The van der Waals surface area contributed by atoms with Crippen molar-refractivity contribution in [3.63, 3.8) is 0 Å². The summed E-state index contributed by atoms with van der Waals surface area (Å²) in [4.78, 5) is 5.67. The molecule has 0 aliphatic heterocycles. The number of rotatable bonds is 15. The van der Waals surface area contributed by atoms with Gasteiger partial charge in [0, 0.05) is 0 Å². The maximum absolute atomic E-state index is 6.83. The number of benzene rings is 1. The lowest BCUT2D eigenvalue weighted by atomic mass is 10.1. The van der Waals surface area contributed by atoms with E-state index in [0.29, 0.717) is 6.61 Å². The van der Waals surface area contributed by atoms with Crippen molar-refractivity contribution >= 4 is 39.5 Å². The molecule has 35 heavy (non-hydrogen) atoms. The minimum absolute atomic E-state index is 0.138. The molecule has 0 spiro atoms. The Labute approximate surface area is 219 Å².